The van der Waals surface area contributed by atoms with E-state index in [1.54, 1.807) is 0 Å². The van der Waals surface area contributed by atoms with Gasteiger partial charge in [-0.05, 0) is 63.0 Å². The molecule has 4 nitrogen and oxygen atoms in total. The molecule has 0 saturated carbocycles. The Balaban J connectivity index is 0.000000970. The summed E-state index contributed by atoms with van der Waals surface area (Å²) in [6, 6.07) is 23.4. The Labute approximate surface area is 205 Å². The summed E-state index contributed by atoms with van der Waals surface area (Å²) in [5, 5.41) is 2.08. The minimum atomic E-state index is 0. The zero-order valence-electron chi connectivity index (χ0n) is 21.6. The van der Waals surface area contributed by atoms with Crippen LogP contribution in [0.15, 0.2) is 66.7 Å². The van der Waals surface area contributed by atoms with E-state index in [9.17, 15) is 0 Å². The predicted molar refractivity (Wildman–Crippen MR) is 148 cm³/mol. The second-order valence-corrected chi connectivity index (χ2v) is 8.80. The first-order valence-electron chi connectivity index (χ1n) is 12.1. The topological polar surface area (TPSA) is 50.7 Å². The highest BCUT2D eigenvalue weighted by molar-refractivity contribution is 5.86. The maximum absolute atomic E-state index is 6.39. The van der Waals surface area contributed by atoms with Gasteiger partial charge in [0.05, 0.1) is 0 Å². The fraction of sp³-hybridized carbons (Fsp3) is 0.333. The van der Waals surface area contributed by atoms with E-state index >= 15 is 0 Å². The number of ether oxygens (including phenoxy) is 1. The average molecular weight is 460 g/mol. The lowest BCUT2D eigenvalue weighted by atomic mass is 9.92. The summed E-state index contributed by atoms with van der Waals surface area (Å²) in [4.78, 5) is 4.65. The number of fused-ring (bicyclic) bond motifs is 2. The lowest BCUT2D eigenvalue weighted by Crippen LogP contribution is -2.27. The quantitative estimate of drug-likeness (QED) is 0.379. The van der Waals surface area contributed by atoms with Crippen molar-refractivity contribution in [1.29, 1.82) is 0 Å². The van der Waals surface area contributed by atoms with Crippen LogP contribution in [0.5, 0.6) is 11.5 Å². The monoisotopic (exact) mass is 459 g/mol. The maximum Gasteiger partial charge on any atom is 0.137 e. The number of nitrogens with zero attached hydrogens (tertiary/aromatic N) is 2. The molecule has 0 radical (unpaired) electrons. The fourth-order valence-corrected chi connectivity index (χ4v) is 4.08. The molecule has 0 saturated heterocycles. The Morgan fingerprint density at radius 2 is 1.53 bits per heavy atom. The van der Waals surface area contributed by atoms with E-state index in [0.29, 0.717) is 0 Å². The fourth-order valence-electron chi connectivity index (χ4n) is 4.08. The molecule has 3 aromatic carbocycles. The van der Waals surface area contributed by atoms with Gasteiger partial charge in [0.1, 0.15) is 11.5 Å². The molecule has 0 aromatic heterocycles. The number of rotatable bonds is 7. The summed E-state index contributed by atoms with van der Waals surface area (Å²) in [6.07, 6.45) is 2.38. The Morgan fingerprint density at radius 1 is 0.824 bits per heavy atom. The van der Waals surface area contributed by atoms with E-state index < -0.39 is 0 Å². The van der Waals surface area contributed by atoms with Crippen LogP contribution < -0.4 is 26.2 Å². The van der Waals surface area contributed by atoms with Gasteiger partial charge in [0.25, 0.3) is 0 Å². The van der Waals surface area contributed by atoms with E-state index in [0.717, 1.165) is 53.6 Å². The van der Waals surface area contributed by atoms with Crippen LogP contribution in [0, 0.1) is 0 Å². The first kappa shape index (κ1) is 27.2. The molecule has 34 heavy (non-hydrogen) atoms. The minimum absolute atomic E-state index is 0. The maximum atomic E-state index is 6.39. The molecule has 0 fully saturated rings. The molecule has 0 bridgehead atoms. The van der Waals surface area contributed by atoms with Crippen molar-refractivity contribution < 1.29 is 4.74 Å². The van der Waals surface area contributed by atoms with Crippen LogP contribution in [0.1, 0.15) is 44.7 Å². The SMILES string of the molecule is C=c1ccc2c(c1)Oc1cc(N(CC)CCCN(C)C)ccc1C=2c1ccccc1.CCC.N. The molecule has 0 spiro atoms. The van der Waals surface area contributed by atoms with Gasteiger partial charge in [-0.2, -0.15) is 0 Å². The second kappa shape index (κ2) is 13.0. The van der Waals surface area contributed by atoms with Crippen molar-refractivity contribution in [2.24, 2.45) is 0 Å². The lowest BCUT2D eigenvalue weighted by Gasteiger charge is -2.27. The van der Waals surface area contributed by atoms with Gasteiger partial charge in [-0.25, -0.2) is 0 Å². The van der Waals surface area contributed by atoms with Crippen molar-refractivity contribution in [2.75, 3.05) is 38.6 Å². The summed E-state index contributed by atoms with van der Waals surface area (Å²) < 4.78 is 6.39. The normalized spacial score (nSPS) is 11.4. The zero-order chi connectivity index (χ0) is 23.8. The van der Waals surface area contributed by atoms with Crippen molar-refractivity contribution >= 4 is 17.8 Å². The van der Waals surface area contributed by atoms with Gasteiger partial charge >= 0.3 is 0 Å². The van der Waals surface area contributed by atoms with Crippen LogP contribution >= 0.6 is 0 Å². The third-order valence-corrected chi connectivity index (χ3v) is 5.61. The summed E-state index contributed by atoms with van der Waals surface area (Å²) in [6.45, 7) is 13.6. The summed E-state index contributed by atoms with van der Waals surface area (Å²) >= 11 is 0. The van der Waals surface area contributed by atoms with Crippen molar-refractivity contribution in [2.45, 2.75) is 33.6 Å². The predicted octanol–water partition coefficient (Wildman–Crippen LogP) is 5.81. The molecule has 0 amide bonds. The van der Waals surface area contributed by atoms with Crippen LogP contribution in [0.3, 0.4) is 0 Å². The molecule has 1 aliphatic heterocycles. The molecule has 0 atom stereocenters. The van der Waals surface area contributed by atoms with E-state index in [1.165, 1.54) is 23.2 Å². The van der Waals surface area contributed by atoms with Crippen molar-refractivity contribution in [3.8, 4) is 11.5 Å². The van der Waals surface area contributed by atoms with E-state index in [1.807, 2.05) is 12.1 Å². The van der Waals surface area contributed by atoms with Crippen LogP contribution in [0.4, 0.5) is 5.69 Å². The molecule has 1 aliphatic rings. The van der Waals surface area contributed by atoms with Gasteiger partial charge < -0.3 is 20.7 Å². The van der Waals surface area contributed by atoms with Gasteiger partial charge in [0.2, 0.25) is 0 Å². The molecular formula is C30H41N3O. The van der Waals surface area contributed by atoms with Gasteiger partial charge in [-0.1, -0.05) is 69.3 Å². The van der Waals surface area contributed by atoms with Gasteiger partial charge in [-0.3, -0.25) is 0 Å². The highest BCUT2D eigenvalue weighted by Crippen LogP contribution is 2.38. The summed E-state index contributed by atoms with van der Waals surface area (Å²) in [5.74, 6) is 1.79. The Morgan fingerprint density at radius 3 is 2.18 bits per heavy atom. The zero-order valence-corrected chi connectivity index (χ0v) is 21.6. The molecule has 182 valence electrons. The second-order valence-electron chi connectivity index (χ2n) is 8.80. The van der Waals surface area contributed by atoms with Crippen molar-refractivity contribution in [3.63, 3.8) is 0 Å². The summed E-state index contributed by atoms with van der Waals surface area (Å²) in [5.41, 5.74) is 4.76. The van der Waals surface area contributed by atoms with E-state index in [-0.39, 0.29) is 6.15 Å². The molecule has 1 heterocycles. The highest BCUT2D eigenvalue weighted by atomic mass is 16.5. The molecule has 4 rings (SSSR count). The highest BCUT2D eigenvalue weighted by Gasteiger charge is 2.21. The van der Waals surface area contributed by atoms with Crippen LogP contribution in [-0.4, -0.2) is 38.6 Å². The molecule has 3 aromatic rings. The first-order chi connectivity index (χ1) is 16.0. The number of hydrogen-bond acceptors (Lipinski definition) is 4. The molecular weight excluding hydrogens is 418 g/mol. The Bertz CT molecular complexity index is 1160. The Hall–Kier alpha value is -3.08. The third kappa shape index (κ3) is 6.49. The number of benzene rings is 3. The molecule has 0 aliphatic carbocycles. The molecule has 4 heteroatoms. The van der Waals surface area contributed by atoms with Crippen molar-refractivity contribution in [3.05, 3.63) is 88.3 Å². The van der Waals surface area contributed by atoms with Gasteiger partial charge in [0.15, 0.2) is 0 Å². The smallest absolute Gasteiger partial charge is 0.137 e. The Kier molecular flexibility index (Phi) is 10.4. The van der Waals surface area contributed by atoms with Gasteiger partial charge in [0, 0.05) is 41.2 Å². The van der Waals surface area contributed by atoms with Gasteiger partial charge in [-0.15, -0.1) is 0 Å². The first-order valence-corrected chi connectivity index (χ1v) is 12.1. The van der Waals surface area contributed by atoms with E-state index in [2.05, 4.69) is 106 Å². The molecule has 3 N–H and O–H groups in total. The number of anilines is 1. The lowest BCUT2D eigenvalue weighted by molar-refractivity contribution is 0.400. The summed E-state index contributed by atoms with van der Waals surface area (Å²) in [7, 11) is 4.25. The standard InChI is InChI=1S/C27H30N2O.C3H8.H3N/c1-5-29(17-9-16-28(3)4)22-13-15-24-26(19-22)30-25-18-20(2)12-14-23(25)27(24)21-10-7-6-8-11-21;1-3-2;/h6-8,10-15,18-19H,2,5,9,16-17H2,1,3-4H3;3H2,1-2H3;1H3. The molecule has 0 unspecified atom stereocenters. The van der Waals surface area contributed by atoms with Crippen LogP contribution in [0.25, 0.3) is 12.2 Å². The van der Waals surface area contributed by atoms with E-state index in [4.69, 9.17) is 4.74 Å². The van der Waals surface area contributed by atoms with Crippen LogP contribution in [0.2, 0.25) is 0 Å². The third-order valence-electron chi connectivity index (χ3n) is 5.61. The number of hydrogen-bond donors (Lipinski definition) is 1. The average Bonchev–Trinajstić information content (AvgIpc) is 2.81. The largest absolute Gasteiger partial charge is 0.456 e. The van der Waals surface area contributed by atoms with Crippen LogP contribution in [-0.2, 0) is 0 Å². The van der Waals surface area contributed by atoms with Crippen molar-refractivity contribution in [1.82, 2.24) is 11.1 Å². The minimum Gasteiger partial charge on any atom is -0.456 e.